The van der Waals surface area contributed by atoms with Gasteiger partial charge in [-0.1, -0.05) is 30.5 Å². The summed E-state index contributed by atoms with van der Waals surface area (Å²) in [5, 5.41) is 6.19. The van der Waals surface area contributed by atoms with Crippen LogP contribution in [0.5, 0.6) is 0 Å². The van der Waals surface area contributed by atoms with E-state index in [0.29, 0.717) is 30.2 Å². The van der Waals surface area contributed by atoms with E-state index < -0.39 is 0 Å². The zero-order chi connectivity index (χ0) is 17.1. The summed E-state index contributed by atoms with van der Waals surface area (Å²) < 4.78 is 0. The van der Waals surface area contributed by atoms with Crippen molar-refractivity contribution in [3.63, 3.8) is 0 Å². The number of benzene rings is 1. The Morgan fingerprint density at radius 3 is 2.50 bits per heavy atom. The fraction of sp³-hybridized carbons (Fsp3) is 0.529. The predicted octanol–water partition coefficient (Wildman–Crippen LogP) is 3.42. The normalized spacial score (nSPS) is 9.96. The van der Waals surface area contributed by atoms with Crippen molar-refractivity contribution in [2.24, 2.45) is 5.73 Å². The molecule has 1 aromatic rings. The lowest BCUT2D eigenvalue weighted by atomic mass is 10.1. The fourth-order valence-electron chi connectivity index (χ4n) is 2.14. The Balaban J connectivity index is 0.00000529. The summed E-state index contributed by atoms with van der Waals surface area (Å²) in [4.78, 5) is 23.5. The van der Waals surface area contributed by atoms with Crippen molar-refractivity contribution in [2.45, 2.75) is 45.4 Å². The summed E-state index contributed by atoms with van der Waals surface area (Å²) in [7, 11) is 0. The van der Waals surface area contributed by atoms with Crippen LogP contribution in [0.4, 0.5) is 5.69 Å². The van der Waals surface area contributed by atoms with Crippen LogP contribution < -0.4 is 16.4 Å². The highest BCUT2D eigenvalue weighted by Crippen LogP contribution is 2.22. The molecule has 1 rings (SSSR count). The fourth-order valence-corrected chi connectivity index (χ4v) is 2.32. The Morgan fingerprint density at radius 2 is 1.79 bits per heavy atom. The van der Waals surface area contributed by atoms with Gasteiger partial charge in [-0.15, -0.1) is 12.4 Å². The third-order valence-electron chi connectivity index (χ3n) is 3.57. The van der Waals surface area contributed by atoms with Gasteiger partial charge in [-0.25, -0.2) is 0 Å². The molecule has 0 fully saturated rings. The highest BCUT2D eigenvalue weighted by Gasteiger charge is 2.07. The van der Waals surface area contributed by atoms with E-state index in [-0.39, 0.29) is 30.6 Å². The van der Waals surface area contributed by atoms with E-state index >= 15 is 0 Å². The average molecular weight is 376 g/mol. The second-order valence-corrected chi connectivity index (χ2v) is 5.92. The lowest BCUT2D eigenvalue weighted by molar-refractivity contribution is -0.121. The molecule has 0 aromatic heterocycles. The van der Waals surface area contributed by atoms with E-state index in [9.17, 15) is 9.59 Å². The van der Waals surface area contributed by atoms with Gasteiger partial charge in [0.25, 0.3) is 0 Å². The molecule has 7 heteroatoms. The maximum atomic E-state index is 11.9. The van der Waals surface area contributed by atoms with Crippen molar-refractivity contribution < 1.29 is 9.59 Å². The van der Waals surface area contributed by atoms with Gasteiger partial charge < -0.3 is 16.4 Å². The minimum atomic E-state index is -0.140. The van der Waals surface area contributed by atoms with Crippen LogP contribution in [0.15, 0.2) is 18.2 Å². The largest absolute Gasteiger partial charge is 0.356 e. The Kier molecular flexibility index (Phi) is 12.3. The van der Waals surface area contributed by atoms with Crippen molar-refractivity contribution in [1.29, 1.82) is 0 Å². The van der Waals surface area contributed by atoms with Crippen LogP contribution in [-0.4, -0.2) is 24.9 Å². The summed E-state index contributed by atoms with van der Waals surface area (Å²) in [5.74, 6) is -0.150. The zero-order valence-electron chi connectivity index (χ0n) is 14.1. The molecule has 0 atom stereocenters. The van der Waals surface area contributed by atoms with Crippen LogP contribution in [0.1, 0.15) is 44.1 Å². The molecule has 0 aliphatic heterocycles. The molecule has 0 radical (unpaired) electrons. The summed E-state index contributed by atoms with van der Waals surface area (Å²) in [6.07, 6.45) is 4.68. The quantitative estimate of drug-likeness (QED) is 0.547. The van der Waals surface area contributed by atoms with Gasteiger partial charge in [0.1, 0.15) is 0 Å². The monoisotopic (exact) mass is 375 g/mol. The van der Waals surface area contributed by atoms with Crippen molar-refractivity contribution in [1.82, 2.24) is 5.32 Å². The first kappa shape index (κ1) is 22.7. The maximum Gasteiger partial charge on any atom is 0.226 e. The van der Waals surface area contributed by atoms with Crippen LogP contribution in [0.3, 0.4) is 0 Å². The predicted molar refractivity (Wildman–Crippen MR) is 102 cm³/mol. The number of nitrogens with one attached hydrogen (secondary N) is 2. The first-order chi connectivity index (χ1) is 11.0. The Bertz CT molecular complexity index is 525. The molecular weight excluding hydrogens is 349 g/mol. The third-order valence-corrected chi connectivity index (χ3v) is 3.98. The highest BCUT2D eigenvalue weighted by atomic mass is 35.5. The first-order valence-electron chi connectivity index (χ1n) is 8.06. The molecule has 0 heterocycles. The van der Waals surface area contributed by atoms with Gasteiger partial charge in [-0.2, -0.15) is 0 Å². The molecule has 2 amide bonds. The molecule has 1 aromatic carbocycles. The highest BCUT2D eigenvalue weighted by molar-refractivity contribution is 6.31. The number of carbonyl (C=O) groups excluding carboxylic acids is 2. The Hall–Kier alpha value is -1.30. The topological polar surface area (TPSA) is 84.2 Å². The van der Waals surface area contributed by atoms with Gasteiger partial charge in [0, 0.05) is 30.1 Å². The number of carbonyl (C=O) groups is 2. The molecule has 4 N–H and O–H groups in total. The third kappa shape index (κ3) is 9.11. The van der Waals surface area contributed by atoms with E-state index in [2.05, 4.69) is 10.6 Å². The standard InChI is InChI=1S/C17H26ClN3O2.ClH/c1-13-14(18)7-6-8-15(13)21-17(23)10-12-20-16(22)9-4-2-3-5-11-19;/h6-8H,2-5,9-12,19H2,1H3,(H,20,22)(H,21,23);1H. The van der Waals surface area contributed by atoms with Crippen LogP contribution >= 0.6 is 24.0 Å². The van der Waals surface area contributed by atoms with Gasteiger partial charge >= 0.3 is 0 Å². The molecule has 0 unspecified atom stereocenters. The molecule has 0 bridgehead atoms. The molecule has 0 saturated carbocycles. The Morgan fingerprint density at radius 1 is 1.08 bits per heavy atom. The summed E-state index contributed by atoms with van der Waals surface area (Å²) in [5.41, 5.74) is 6.95. The molecule has 0 aliphatic carbocycles. The second kappa shape index (κ2) is 13.0. The number of nitrogens with two attached hydrogens (primary N) is 1. The number of amides is 2. The molecule has 136 valence electrons. The summed E-state index contributed by atoms with van der Waals surface area (Å²) in [6, 6.07) is 5.37. The lowest BCUT2D eigenvalue weighted by Gasteiger charge is -2.10. The molecule has 0 spiro atoms. The summed E-state index contributed by atoms with van der Waals surface area (Å²) >= 11 is 6.01. The molecule has 0 aliphatic rings. The van der Waals surface area contributed by atoms with Crippen molar-refractivity contribution in [3.8, 4) is 0 Å². The first-order valence-corrected chi connectivity index (χ1v) is 8.44. The Labute approximate surface area is 155 Å². The van der Waals surface area contributed by atoms with Gasteiger partial charge in [0.05, 0.1) is 0 Å². The minimum absolute atomic E-state index is 0. The van der Waals surface area contributed by atoms with E-state index in [1.54, 1.807) is 18.2 Å². The van der Waals surface area contributed by atoms with E-state index in [1.807, 2.05) is 6.92 Å². The molecule has 24 heavy (non-hydrogen) atoms. The molecular formula is C17H27Cl2N3O2. The lowest BCUT2D eigenvalue weighted by Crippen LogP contribution is -2.27. The van der Waals surface area contributed by atoms with Crippen molar-refractivity contribution in [2.75, 3.05) is 18.4 Å². The number of rotatable bonds is 10. The van der Waals surface area contributed by atoms with E-state index in [4.69, 9.17) is 17.3 Å². The number of anilines is 1. The maximum absolute atomic E-state index is 11.9. The van der Waals surface area contributed by atoms with Gasteiger partial charge in [-0.05, 0) is 44.0 Å². The van der Waals surface area contributed by atoms with Crippen LogP contribution in [0.2, 0.25) is 5.02 Å². The summed E-state index contributed by atoms with van der Waals surface area (Å²) in [6.45, 7) is 2.89. The smallest absolute Gasteiger partial charge is 0.226 e. The number of hydrogen-bond acceptors (Lipinski definition) is 3. The zero-order valence-corrected chi connectivity index (χ0v) is 15.6. The van der Waals surface area contributed by atoms with Crippen molar-refractivity contribution in [3.05, 3.63) is 28.8 Å². The molecule has 0 saturated heterocycles. The van der Waals surface area contributed by atoms with Gasteiger partial charge in [0.15, 0.2) is 0 Å². The molecule has 5 nitrogen and oxygen atoms in total. The minimum Gasteiger partial charge on any atom is -0.356 e. The van der Waals surface area contributed by atoms with E-state index in [1.165, 1.54) is 0 Å². The second-order valence-electron chi connectivity index (χ2n) is 5.51. The van der Waals surface area contributed by atoms with E-state index in [0.717, 1.165) is 31.2 Å². The number of halogens is 2. The van der Waals surface area contributed by atoms with Crippen molar-refractivity contribution >= 4 is 41.5 Å². The van der Waals surface area contributed by atoms with Crippen LogP contribution in [0, 0.1) is 6.92 Å². The van der Waals surface area contributed by atoms with Crippen LogP contribution in [-0.2, 0) is 9.59 Å². The average Bonchev–Trinajstić information content (AvgIpc) is 2.51. The van der Waals surface area contributed by atoms with Gasteiger partial charge in [-0.3, -0.25) is 9.59 Å². The number of unbranched alkanes of at least 4 members (excludes halogenated alkanes) is 3. The van der Waals surface area contributed by atoms with Crippen LogP contribution in [0.25, 0.3) is 0 Å². The SMILES string of the molecule is Cc1c(Cl)cccc1NC(=O)CCNC(=O)CCCCCCN.Cl. The number of hydrogen-bond donors (Lipinski definition) is 3. The van der Waals surface area contributed by atoms with Gasteiger partial charge in [0.2, 0.25) is 11.8 Å².